The normalized spacial score (nSPS) is 9.91. The van der Waals surface area contributed by atoms with E-state index in [1.54, 1.807) is 5.48 Å². The van der Waals surface area contributed by atoms with Crippen molar-refractivity contribution in [3.8, 4) is 22.9 Å². The minimum Gasteiger partial charge on any atom is -0.494 e. The highest BCUT2D eigenvalue weighted by Crippen LogP contribution is 2.23. The molecule has 0 heterocycles. The number of amides is 1. The van der Waals surface area contributed by atoms with Gasteiger partial charge in [-0.05, 0) is 35.2 Å². The summed E-state index contributed by atoms with van der Waals surface area (Å²) in [6, 6.07) is 17.7. The monoisotopic (exact) mass is 310 g/mol. The first-order valence-corrected chi connectivity index (χ1v) is 7.35. The largest absolute Gasteiger partial charge is 0.494 e. The smallest absolute Gasteiger partial charge is 0.243 e. The second kappa shape index (κ2) is 8.57. The number of nitrogens with zero attached hydrogens (tertiary/aromatic N) is 1. The van der Waals surface area contributed by atoms with Gasteiger partial charge in [0, 0.05) is 6.42 Å². The molecule has 0 aliphatic carbocycles. The van der Waals surface area contributed by atoms with Gasteiger partial charge in [0.15, 0.2) is 0 Å². The van der Waals surface area contributed by atoms with E-state index < -0.39 is 5.91 Å². The lowest BCUT2D eigenvalue weighted by molar-refractivity contribution is -0.129. The number of hydrogen-bond acceptors (Lipinski definition) is 4. The van der Waals surface area contributed by atoms with E-state index in [0.717, 1.165) is 22.4 Å². The highest BCUT2D eigenvalue weighted by atomic mass is 16.5. The molecule has 1 amide bonds. The van der Waals surface area contributed by atoms with Crippen LogP contribution in [0.25, 0.3) is 11.1 Å². The third kappa shape index (κ3) is 5.13. The predicted molar refractivity (Wildman–Crippen MR) is 85.9 cm³/mol. The fourth-order valence-corrected chi connectivity index (χ4v) is 2.17. The molecule has 0 radical (unpaired) electrons. The van der Waals surface area contributed by atoms with Gasteiger partial charge in [-0.1, -0.05) is 36.4 Å². The number of rotatable bonds is 7. The first-order valence-electron chi connectivity index (χ1n) is 7.35. The molecule has 5 nitrogen and oxygen atoms in total. The number of hydroxylamine groups is 1. The Morgan fingerprint density at radius 2 is 1.96 bits per heavy atom. The van der Waals surface area contributed by atoms with Crippen LogP contribution in [0.5, 0.6) is 5.75 Å². The third-order valence-electron chi connectivity index (χ3n) is 3.34. The molecule has 0 aliphatic rings. The molecule has 0 atom stereocenters. The van der Waals surface area contributed by atoms with Crippen molar-refractivity contribution < 1.29 is 14.7 Å². The Labute approximate surface area is 135 Å². The van der Waals surface area contributed by atoms with Gasteiger partial charge in [-0.25, -0.2) is 5.48 Å². The fourth-order valence-electron chi connectivity index (χ4n) is 2.17. The molecular formula is C18H18N2O3. The molecule has 5 heteroatoms. The fraction of sp³-hybridized carbons (Fsp3) is 0.222. The molecule has 2 N–H and O–H groups in total. The Hall–Kier alpha value is -2.84. The number of benzene rings is 2. The van der Waals surface area contributed by atoms with E-state index in [9.17, 15) is 4.79 Å². The second-order valence-electron chi connectivity index (χ2n) is 5.05. The predicted octanol–water partition coefficient (Wildman–Crippen LogP) is 3.08. The van der Waals surface area contributed by atoms with Crippen molar-refractivity contribution >= 4 is 5.91 Å². The average molecular weight is 310 g/mol. The molecular weight excluding hydrogens is 292 g/mol. The molecule has 0 aromatic heterocycles. The van der Waals surface area contributed by atoms with Gasteiger partial charge < -0.3 is 4.74 Å². The van der Waals surface area contributed by atoms with Crippen LogP contribution in [0.4, 0.5) is 0 Å². The zero-order chi connectivity index (χ0) is 16.5. The Morgan fingerprint density at radius 1 is 1.17 bits per heavy atom. The van der Waals surface area contributed by atoms with E-state index in [1.807, 2.05) is 48.5 Å². The van der Waals surface area contributed by atoms with Crippen molar-refractivity contribution in [3.05, 3.63) is 54.1 Å². The lowest BCUT2D eigenvalue weighted by Crippen LogP contribution is -2.18. The van der Waals surface area contributed by atoms with Crippen LogP contribution in [-0.2, 0) is 11.2 Å². The zero-order valence-corrected chi connectivity index (χ0v) is 12.7. The molecule has 0 unspecified atom stereocenters. The molecule has 2 aromatic rings. The van der Waals surface area contributed by atoms with Crippen molar-refractivity contribution in [2.24, 2.45) is 0 Å². The van der Waals surface area contributed by atoms with Gasteiger partial charge >= 0.3 is 0 Å². The summed E-state index contributed by atoms with van der Waals surface area (Å²) in [4.78, 5) is 10.9. The van der Waals surface area contributed by atoms with Crippen molar-refractivity contribution in [1.29, 1.82) is 5.26 Å². The molecule has 2 rings (SSSR count). The molecule has 23 heavy (non-hydrogen) atoms. The number of hydrogen-bond donors (Lipinski definition) is 2. The maximum Gasteiger partial charge on any atom is 0.243 e. The van der Waals surface area contributed by atoms with Gasteiger partial charge in [-0.2, -0.15) is 5.26 Å². The lowest BCUT2D eigenvalue weighted by Gasteiger charge is -2.08. The van der Waals surface area contributed by atoms with Crippen molar-refractivity contribution in [3.63, 3.8) is 0 Å². The van der Waals surface area contributed by atoms with Crippen molar-refractivity contribution in [1.82, 2.24) is 5.48 Å². The molecule has 0 spiro atoms. The highest BCUT2D eigenvalue weighted by Gasteiger charge is 2.02. The van der Waals surface area contributed by atoms with Crippen LogP contribution in [0.2, 0.25) is 0 Å². The minimum atomic E-state index is -0.416. The summed E-state index contributed by atoms with van der Waals surface area (Å²) in [6.45, 7) is 0.407. The number of nitriles is 1. The van der Waals surface area contributed by atoms with Gasteiger partial charge in [0.05, 0.1) is 19.1 Å². The van der Waals surface area contributed by atoms with Crippen LogP contribution in [-0.4, -0.2) is 17.7 Å². The molecule has 0 fully saturated rings. The van der Waals surface area contributed by atoms with Gasteiger partial charge in [0.1, 0.15) is 5.75 Å². The van der Waals surface area contributed by atoms with E-state index in [2.05, 4.69) is 6.07 Å². The summed E-state index contributed by atoms with van der Waals surface area (Å²) in [7, 11) is 0. The molecule has 2 aromatic carbocycles. The topological polar surface area (TPSA) is 82.3 Å². The van der Waals surface area contributed by atoms with Gasteiger partial charge in [0.2, 0.25) is 5.91 Å². The highest BCUT2D eigenvalue weighted by molar-refractivity contribution is 5.74. The summed E-state index contributed by atoms with van der Waals surface area (Å²) >= 11 is 0. The van der Waals surface area contributed by atoms with E-state index in [-0.39, 0.29) is 6.42 Å². The summed E-state index contributed by atoms with van der Waals surface area (Å²) in [5.41, 5.74) is 4.69. The van der Waals surface area contributed by atoms with Crippen LogP contribution >= 0.6 is 0 Å². The number of carbonyl (C=O) groups excluding carboxylic acids is 1. The van der Waals surface area contributed by atoms with Crippen LogP contribution < -0.4 is 10.2 Å². The minimum absolute atomic E-state index is 0.222. The summed E-state index contributed by atoms with van der Waals surface area (Å²) in [6.07, 6.45) is 1.15. The van der Waals surface area contributed by atoms with E-state index >= 15 is 0 Å². The molecule has 0 aliphatic heterocycles. The van der Waals surface area contributed by atoms with E-state index in [4.69, 9.17) is 15.2 Å². The Balaban J connectivity index is 1.93. The average Bonchev–Trinajstić information content (AvgIpc) is 2.59. The van der Waals surface area contributed by atoms with Crippen LogP contribution in [0.15, 0.2) is 48.5 Å². The summed E-state index contributed by atoms with van der Waals surface area (Å²) in [5, 5.41) is 17.1. The van der Waals surface area contributed by atoms with Crippen LogP contribution in [0.3, 0.4) is 0 Å². The first-order chi connectivity index (χ1) is 11.2. The number of carbonyl (C=O) groups is 1. The third-order valence-corrected chi connectivity index (χ3v) is 3.34. The SMILES string of the molecule is N#CCc1cccc(-c2ccc(OCCCC(=O)NO)cc2)c1. The summed E-state index contributed by atoms with van der Waals surface area (Å²) in [5.74, 6) is 0.313. The molecule has 0 bridgehead atoms. The van der Waals surface area contributed by atoms with Crippen LogP contribution in [0, 0.1) is 11.3 Å². The van der Waals surface area contributed by atoms with E-state index in [0.29, 0.717) is 19.4 Å². The number of nitrogens with one attached hydrogen (secondary N) is 1. The Kier molecular flexibility index (Phi) is 6.16. The maximum atomic E-state index is 10.9. The molecule has 0 saturated carbocycles. The van der Waals surface area contributed by atoms with Crippen molar-refractivity contribution in [2.75, 3.05) is 6.61 Å². The first kappa shape index (κ1) is 16.5. The lowest BCUT2D eigenvalue weighted by atomic mass is 10.0. The maximum absolute atomic E-state index is 10.9. The summed E-state index contributed by atoms with van der Waals surface area (Å²) < 4.78 is 5.55. The van der Waals surface area contributed by atoms with Gasteiger partial charge in [0.25, 0.3) is 0 Å². The quantitative estimate of drug-likeness (QED) is 0.468. The van der Waals surface area contributed by atoms with Crippen LogP contribution in [0.1, 0.15) is 18.4 Å². The van der Waals surface area contributed by atoms with E-state index in [1.165, 1.54) is 0 Å². The Bertz CT molecular complexity index is 690. The van der Waals surface area contributed by atoms with Gasteiger partial charge in [-0.3, -0.25) is 10.0 Å². The van der Waals surface area contributed by atoms with Crippen molar-refractivity contribution in [2.45, 2.75) is 19.3 Å². The molecule has 0 saturated heterocycles. The number of ether oxygens (including phenoxy) is 1. The van der Waals surface area contributed by atoms with Gasteiger partial charge in [-0.15, -0.1) is 0 Å². The standard InChI is InChI=1S/C18H18N2O3/c19-11-10-14-3-1-4-16(13-14)15-6-8-17(9-7-15)23-12-2-5-18(21)20-22/h1,3-4,6-9,13,22H,2,5,10,12H2,(H,20,21). The zero-order valence-electron chi connectivity index (χ0n) is 12.7. The Morgan fingerprint density at radius 3 is 2.65 bits per heavy atom. The molecule has 118 valence electrons. The second-order valence-corrected chi connectivity index (χ2v) is 5.05.